The van der Waals surface area contributed by atoms with E-state index < -0.39 is 0 Å². The largest absolute Gasteiger partial charge is 0.300 e. The van der Waals surface area contributed by atoms with E-state index in [0.29, 0.717) is 0 Å². The summed E-state index contributed by atoms with van der Waals surface area (Å²) in [5.41, 5.74) is 0. The van der Waals surface area contributed by atoms with Gasteiger partial charge in [-0.15, -0.1) is 0 Å². The molecule has 0 amide bonds. The van der Waals surface area contributed by atoms with Crippen LogP contribution < -0.4 is 0 Å². The Bertz CT molecular complexity index is 111. The van der Waals surface area contributed by atoms with Crippen molar-refractivity contribution in [3.63, 3.8) is 0 Å². The molecular formula is C10H21N. The fraction of sp³-hybridized carbons (Fsp3) is 1.00. The maximum Gasteiger partial charge on any atom is 0.00675 e. The van der Waals surface area contributed by atoms with E-state index in [9.17, 15) is 0 Å². The van der Waals surface area contributed by atoms with Crippen LogP contribution in [0.15, 0.2) is 0 Å². The summed E-state index contributed by atoms with van der Waals surface area (Å²) in [5, 5.41) is 0. The van der Waals surface area contributed by atoms with Gasteiger partial charge in [-0.3, -0.25) is 0 Å². The molecule has 1 saturated heterocycles. The van der Waals surface area contributed by atoms with Crippen LogP contribution in [0.1, 0.15) is 40.0 Å². The normalized spacial score (nSPS) is 29.2. The van der Waals surface area contributed by atoms with Crippen molar-refractivity contribution in [2.24, 2.45) is 5.92 Å². The van der Waals surface area contributed by atoms with Gasteiger partial charge in [0, 0.05) is 12.6 Å². The van der Waals surface area contributed by atoms with Crippen molar-refractivity contribution in [1.29, 1.82) is 0 Å². The first-order valence-electron chi connectivity index (χ1n) is 4.98. The third-order valence-corrected chi connectivity index (χ3v) is 2.93. The molecule has 66 valence electrons. The van der Waals surface area contributed by atoms with E-state index in [1.807, 2.05) is 0 Å². The van der Waals surface area contributed by atoms with Crippen molar-refractivity contribution in [3.05, 3.63) is 0 Å². The van der Waals surface area contributed by atoms with E-state index in [0.717, 1.165) is 12.0 Å². The first kappa shape index (κ1) is 9.05. The molecule has 1 aliphatic rings. The van der Waals surface area contributed by atoms with Crippen LogP contribution in [0, 0.1) is 5.92 Å². The van der Waals surface area contributed by atoms with E-state index >= 15 is 0 Å². The monoisotopic (exact) mass is 155 g/mol. The number of hydrogen-bond donors (Lipinski definition) is 0. The van der Waals surface area contributed by atoms with Crippen molar-refractivity contribution in [2.75, 3.05) is 13.1 Å². The van der Waals surface area contributed by atoms with Gasteiger partial charge in [0.25, 0.3) is 0 Å². The van der Waals surface area contributed by atoms with Gasteiger partial charge in [-0.05, 0) is 32.2 Å². The minimum atomic E-state index is 0.851. The molecule has 1 heteroatoms. The number of likely N-dealkylation sites (tertiary alicyclic amines) is 1. The highest BCUT2D eigenvalue weighted by Gasteiger charge is 2.20. The summed E-state index contributed by atoms with van der Waals surface area (Å²) in [4.78, 5) is 2.63. The van der Waals surface area contributed by atoms with Gasteiger partial charge < -0.3 is 4.90 Å². The molecule has 2 atom stereocenters. The Kier molecular flexibility index (Phi) is 3.38. The summed E-state index contributed by atoms with van der Waals surface area (Å²) in [5.74, 6) is 0.885. The lowest BCUT2D eigenvalue weighted by Gasteiger charge is -2.23. The van der Waals surface area contributed by atoms with Gasteiger partial charge in [0.2, 0.25) is 0 Å². The van der Waals surface area contributed by atoms with Crippen LogP contribution in [0.5, 0.6) is 0 Å². The van der Waals surface area contributed by atoms with Crippen LogP contribution in [0.3, 0.4) is 0 Å². The summed E-state index contributed by atoms with van der Waals surface area (Å²) in [7, 11) is 0. The van der Waals surface area contributed by atoms with Gasteiger partial charge in [0.15, 0.2) is 0 Å². The van der Waals surface area contributed by atoms with Crippen LogP contribution in [0.25, 0.3) is 0 Å². The molecule has 1 heterocycles. The highest BCUT2D eigenvalue weighted by molar-refractivity contribution is 4.76. The van der Waals surface area contributed by atoms with Gasteiger partial charge in [-0.1, -0.05) is 20.3 Å². The van der Waals surface area contributed by atoms with E-state index in [1.54, 1.807) is 0 Å². The van der Waals surface area contributed by atoms with Crippen LogP contribution in [-0.4, -0.2) is 24.0 Å². The zero-order chi connectivity index (χ0) is 8.27. The Labute approximate surface area is 70.8 Å². The fourth-order valence-corrected chi connectivity index (χ4v) is 1.79. The molecular weight excluding hydrogens is 134 g/mol. The molecule has 0 aromatic heterocycles. The first-order chi connectivity index (χ1) is 5.24. The van der Waals surface area contributed by atoms with Gasteiger partial charge in [0.1, 0.15) is 0 Å². The Morgan fingerprint density at radius 1 is 1.55 bits per heavy atom. The van der Waals surface area contributed by atoms with E-state index in [1.165, 1.54) is 32.4 Å². The third-order valence-electron chi connectivity index (χ3n) is 2.93. The minimum Gasteiger partial charge on any atom is -0.300 e. The van der Waals surface area contributed by atoms with Gasteiger partial charge in [0.05, 0.1) is 0 Å². The summed E-state index contributed by atoms with van der Waals surface area (Å²) in [6.07, 6.45) is 4.15. The Morgan fingerprint density at radius 2 is 2.27 bits per heavy atom. The molecule has 0 radical (unpaired) electrons. The van der Waals surface area contributed by atoms with Gasteiger partial charge in [-0.2, -0.15) is 0 Å². The average Bonchev–Trinajstić information content (AvgIpc) is 2.37. The molecule has 0 spiro atoms. The second kappa shape index (κ2) is 4.10. The summed E-state index contributed by atoms with van der Waals surface area (Å²) in [6, 6.07) is 0.851. The van der Waals surface area contributed by atoms with Crippen LogP contribution in [-0.2, 0) is 0 Å². The van der Waals surface area contributed by atoms with Crippen molar-refractivity contribution >= 4 is 0 Å². The van der Waals surface area contributed by atoms with Crippen molar-refractivity contribution in [1.82, 2.24) is 4.90 Å². The lowest BCUT2D eigenvalue weighted by molar-refractivity contribution is 0.230. The number of nitrogens with zero attached hydrogens (tertiary/aromatic N) is 1. The zero-order valence-corrected chi connectivity index (χ0v) is 8.14. The predicted molar refractivity (Wildman–Crippen MR) is 49.7 cm³/mol. The van der Waals surface area contributed by atoms with Crippen LogP contribution >= 0.6 is 0 Å². The Hall–Kier alpha value is -0.0400. The molecule has 0 aliphatic carbocycles. The predicted octanol–water partition coefficient (Wildman–Crippen LogP) is 2.52. The molecule has 1 nitrogen and oxygen atoms in total. The molecule has 0 aromatic rings. The van der Waals surface area contributed by atoms with Gasteiger partial charge in [-0.25, -0.2) is 0 Å². The second-order valence-corrected chi connectivity index (χ2v) is 4.00. The molecule has 1 rings (SSSR count). The Balaban J connectivity index is 2.24. The highest BCUT2D eigenvalue weighted by atomic mass is 15.2. The SMILES string of the molecule is CCC(C)CN1CCC[C@H]1C. The van der Waals surface area contributed by atoms with Crippen LogP contribution in [0.2, 0.25) is 0 Å². The topological polar surface area (TPSA) is 3.24 Å². The van der Waals surface area contributed by atoms with E-state index in [2.05, 4.69) is 25.7 Å². The lowest BCUT2D eigenvalue weighted by Crippen LogP contribution is -2.31. The summed E-state index contributed by atoms with van der Waals surface area (Å²) >= 11 is 0. The third kappa shape index (κ3) is 2.48. The summed E-state index contributed by atoms with van der Waals surface area (Å²) < 4.78 is 0. The highest BCUT2D eigenvalue weighted by Crippen LogP contribution is 2.18. The minimum absolute atomic E-state index is 0.851. The molecule has 0 saturated carbocycles. The van der Waals surface area contributed by atoms with Crippen molar-refractivity contribution < 1.29 is 0 Å². The molecule has 0 bridgehead atoms. The standard InChI is InChI=1S/C10H21N/c1-4-9(2)8-11-7-5-6-10(11)3/h9-10H,4-8H2,1-3H3/t9?,10-/m1/s1. The Morgan fingerprint density at radius 3 is 2.73 bits per heavy atom. The molecule has 11 heavy (non-hydrogen) atoms. The second-order valence-electron chi connectivity index (χ2n) is 4.00. The molecule has 1 fully saturated rings. The maximum atomic E-state index is 2.63. The lowest BCUT2D eigenvalue weighted by atomic mass is 10.1. The quantitative estimate of drug-likeness (QED) is 0.605. The molecule has 0 N–H and O–H groups in total. The molecule has 0 aromatic carbocycles. The number of hydrogen-bond acceptors (Lipinski definition) is 1. The maximum absolute atomic E-state index is 2.63. The van der Waals surface area contributed by atoms with Crippen LogP contribution in [0.4, 0.5) is 0 Å². The molecule has 1 aliphatic heterocycles. The number of rotatable bonds is 3. The van der Waals surface area contributed by atoms with E-state index in [-0.39, 0.29) is 0 Å². The van der Waals surface area contributed by atoms with Crippen molar-refractivity contribution in [2.45, 2.75) is 46.1 Å². The fourth-order valence-electron chi connectivity index (χ4n) is 1.79. The van der Waals surface area contributed by atoms with E-state index in [4.69, 9.17) is 0 Å². The molecule has 1 unspecified atom stereocenters. The van der Waals surface area contributed by atoms with Crippen molar-refractivity contribution in [3.8, 4) is 0 Å². The zero-order valence-electron chi connectivity index (χ0n) is 8.14. The van der Waals surface area contributed by atoms with Gasteiger partial charge >= 0.3 is 0 Å². The average molecular weight is 155 g/mol. The smallest absolute Gasteiger partial charge is 0.00675 e. The summed E-state index contributed by atoms with van der Waals surface area (Å²) in [6.45, 7) is 9.65. The first-order valence-corrected chi connectivity index (χ1v) is 4.98.